The molecule has 94 valence electrons. The van der Waals surface area contributed by atoms with Crippen molar-refractivity contribution in [1.29, 1.82) is 0 Å². The molecule has 0 saturated heterocycles. The zero-order valence-electron chi connectivity index (χ0n) is 11.6. The minimum absolute atomic E-state index is 0.626. The molecule has 2 aliphatic carbocycles. The van der Waals surface area contributed by atoms with Crippen molar-refractivity contribution in [2.45, 2.75) is 78.6 Å². The summed E-state index contributed by atoms with van der Waals surface area (Å²) >= 11 is 0. The molecule has 0 amide bonds. The Kier molecular flexibility index (Phi) is 3.97. The predicted molar refractivity (Wildman–Crippen MR) is 71.5 cm³/mol. The first kappa shape index (κ1) is 12.5. The van der Waals surface area contributed by atoms with Gasteiger partial charge in [-0.1, -0.05) is 52.9 Å². The summed E-state index contributed by atoms with van der Waals surface area (Å²) in [6.45, 7) is 7.58. The van der Waals surface area contributed by atoms with Gasteiger partial charge in [0.2, 0.25) is 0 Å². The van der Waals surface area contributed by atoms with Crippen LogP contribution in [0.1, 0.15) is 78.6 Å². The van der Waals surface area contributed by atoms with Gasteiger partial charge in [-0.3, -0.25) is 0 Å². The van der Waals surface area contributed by atoms with Crippen LogP contribution in [0.5, 0.6) is 0 Å². The fraction of sp³-hybridized carbons (Fsp3) is 1.00. The standard InChI is InChI=1S/C16H30/c1-13-9-11-15(12-10-13)16(2,3)14-7-5-4-6-8-14/h13-15H,4-12H2,1-3H3. The third-order valence-electron chi connectivity index (χ3n) is 5.73. The van der Waals surface area contributed by atoms with Gasteiger partial charge in [0.25, 0.3) is 0 Å². The predicted octanol–water partition coefficient (Wildman–Crippen LogP) is 5.42. The van der Waals surface area contributed by atoms with Gasteiger partial charge in [0, 0.05) is 0 Å². The summed E-state index contributed by atoms with van der Waals surface area (Å²) in [5.74, 6) is 3.05. The van der Waals surface area contributed by atoms with Crippen molar-refractivity contribution in [1.82, 2.24) is 0 Å². The Morgan fingerprint density at radius 1 is 0.688 bits per heavy atom. The van der Waals surface area contributed by atoms with Crippen LogP contribution < -0.4 is 0 Å². The minimum Gasteiger partial charge on any atom is -0.0625 e. The molecule has 16 heavy (non-hydrogen) atoms. The van der Waals surface area contributed by atoms with Crippen molar-refractivity contribution in [3.05, 3.63) is 0 Å². The van der Waals surface area contributed by atoms with E-state index >= 15 is 0 Å². The Bertz CT molecular complexity index is 202. The lowest BCUT2D eigenvalue weighted by Crippen LogP contribution is -2.35. The molecule has 0 unspecified atom stereocenters. The average Bonchev–Trinajstić information content (AvgIpc) is 2.31. The summed E-state index contributed by atoms with van der Waals surface area (Å²) in [7, 11) is 0. The minimum atomic E-state index is 0.626. The summed E-state index contributed by atoms with van der Waals surface area (Å²) in [5, 5.41) is 0. The molecule has 2 rings (SSSR count). The van der Waals surface area contributed by atoms with Crippen LogP contribution in [0, 0.1) is 23.2 Å². The van der Waals surface area contributed by atoms with E-state index in [9.17, 15) is 0 Å². The maximum atomic E-state index is 2.57. The fourth-order valence-corrected chi connectivity index (χ4v) is 4.18. The van der Waals surface area contributed by atoms with Crippen molar-refractivity contribution in [2.24, 2.45) is 23.2 Å². The van der Waals surface area contributed by atoms with Crippen LogP contribution in [-0.4, -0.2) is 0 Å². The van der Waals surface area contributed by atoms with Crippen LogP contribution in [0.4, 0.5) is 0 Å². The molecule has 0 spiro atoms. The molecule has 2 fully saturated rings. The van der Waals surface area contributed by atoms with Gasteiger partial charge in [-0.2, -0.15) is 0 Å². The highest BCUT2D eigenvalue weighted by molar-refractivity contribution is 4.88. The van der Waals surface area contributed by atoms with Gasteiger partial charge in [-0.25, -0.2) is 0 Å². The summed E-state index contributed by atoms with van der Waals surface area (Å²) in [4.78, 5) is 0. The van der Waals surface area contributed by atoms with Crippen molar-refractivity contribution < 1.29 is 0 Å². The fourth-order valence-electron chi connectivity index (χ4n) is 4.18. The molecule has 0 atom stereocenters. The van der Waals surface area contributed by atoms with Gasteiger partial charge in [0.05, 0.1) is 0 Å². The molecule has 0 bridgehead atoms. The third kappa shape index (κ3) is 2.63. The Balaban J connectivity index is 1.94. The quantitative estimate of drug-likeness (QED) is 0.585. The van der Waals surface area contributed by atoms with Crippen LogP contribution in [0.15, 0.2) is 0 Å². The molecule has 2 saturated carbocycles. The largest absolute Gasteiger partial charge is 0.0625 e. The van der Waals surface area contributed by atoms with E-state index in [1.54, 1.807) is 0 Å². The second kappa shape index (κ2) is 5.10. The summed E-state index contributed by atoms with van der Waals surface area (Å²) in [6, 6.07) is 0. The van der Waals surface area contributed by atoms with Gasteiger partial charge in [0.15, 0.2) is 0 Å². The van der Waals surface area contributed by atoms with Gasteiger partial charge in [0.1, 0.15) is 0 Å². The van der Waals surface area contributed by atoms with Gasteiger partial charge < -0.3 is 0 Å². The first-order valence-corrected chi connectivity index (χ1v) is 7.60. The normalized spacial score (nSPS) is 33.9. The highest BCUT2D eigenvalue weighted by Crippen LogP contribution is 2.48. The molecule has 0 nitrogen and oxygen atoms in total. The maximum Gasteiger partial charge on any atom is -0.0298 e. The summed E-state index contributed by atoms with van der Waals surface area (Å²) < 4.78 is 0. The summed E-state index contributed by atoms with van der Waals surface area (Å²) in [6.07, 6.45) is 13.5. The van der Waals surface area contributed by atoms with Crippen molar-refractivity contribution in [3.63, 3.8) is 0 Å². The van der Waals surface area contributed by atoms with E-state index in [4.69, 9.17) is 0 Å². The lowest BCUT2D eigenvalue weighted by molar-refractivity contribution is 0.0500. The average molecular weight is 222 g/mol. The van der Waals surface area contributed by atoms with Crippen molar-refractivity contribution >= 4 is 0 Å². The van der Waals surface area contributed by atoms with Gasteiger partial charge >= 0.3 is 0 Å². The molecule has 2 aliphatic rings. The highest BCUT2D eigenvalue weighted by Gasteiger charge is 2.38. The number of hydrogen-bond donors (Lipinski definition) is 0. The second-order valence-corrected chi connectivity index (χ2v) is 7.11. The van der Waals surface area contributed by atoms with Crippen LogP contribution in [0.25, 0.3) is 0 Å². The SMILES string of the molecule is CC1CCC(C(C)(C)C2CCCCC2)CC1. The van der Waals surface area contributed by atoms with Crippen LogP contribution in [0.3, 0.4) is 0 Å². The molecule has 0 aromatic carbocycles. The van der Waals surface area contributed by atoms with Crippen LogP contribution in [-0.2, 0) is 0 Å². The van der Waals surface area contributed by atoms with E-state index in [-0.39, 0.29) is 0 Å². The topological polar surface area (TPSA) is 0 Å². The second-order valence-electron chi connectivity index (χ2n) is 7.11. The number of hydrogen-bond acceptors (Lipinski definition) is 0. The molecular formula is C16H30. The molecule has 0 heteroatoms. The monoisotopic (exact) mass is 222 g/mol. The van der Waals surface area contributed by atoms with Gasteiger partial charge in [-0.05, 0) is 48.9 Å². The molecule has 0 heterocycles. The zero-order valence-corrected chi connectivity index (χ0v) is 11.6. The third-order valence-corrected chi connectivity index (χ3v) is 5.73. The van der Waals surface area contributed by atoms with E-state index in [0.717, 1.165) is 17.8 Å². The van der Waals surface area contributed by atoms with E-state index in [2.05, 4.69) is 20.8 Å². The van der Waals surface area contributed by atoms with Gasteiger partial charge in [-0.15, -0.1) is 0 Å². The lowest BCUT2D eigenvalue weighted by atomic mass is 9.60. The lowest BCUT2D eigenvalue weighted by Gasteiger charge is -2.45. The van der Waals surface area contributed by atoms with Crippen LogP contribution in [0.2, 0.25) is 0 Å². The Morgan fingerprint density at radius 2 is 1.19 bits per heavy atom. The first-order valence-electron chi connectivity index (χ1n) is 7.60. The molecule has 0 aromatic heterocycles. The molecule has 0 N–H and O–H groups in total. The van der Waals surface area contributed by atoms with E-state index in [0.29, 0.717) is 5.41 Å². The van der Waals surface area contributed by atoms with Crippen LogP contribution >= 0.6 is 0 Å². The first-order chi connectivity index (χ1) is 7.60. The van der Waals surface area contributed by atoms with E-state index in [1.807, 2.05) is 0 Å². The number of rotatable bonds is 2. The Hall–Kier alpha value is 0. The maximum absolute atomic E-state index is 2.57. The zero-order chi connectivity index (χ0) is 11.6. The highest BCUT2D eigenvalue weighted by atomic mass is 14.4. The van der Waals surface area contributed by atoms with Crippen molar-refractivity contribution in [3.8, 4) is 0 Å². The Morgan fingerprint density at radius 3 is 1.75 bits per heavy atom. The molecule has 0 aliphatic heterocycles. The van der Waals surface area contributed by atoms with E-state index in [1.165, 1.54) is 57.8 Å². The summed E-state index contributed by atoms with van der Waals surface area (Å²) in [5.41, 5.74) is 0.626. The molecular weight excluding hydrogens is 192 g/mol. The molecule has 0 aromatic rings. The van der Waals surface area contributed by atoms with Crippen molar-refractivity contribution in [2.75, 3.05) is 0 Å². The Labute approximate surface area is 102 Å². The molecule has 0 radical (unpaired) electrons. The smallest absolute Gasteiger partial charge is 0.0298 e. The van der Waals surface area contributed by atoms with E-state index < -0.39 is 0 Å².